The minimum atomic E-state index is -0.501. The molecular weight excluding hydrogens is 216 g/mol. The number of methoxy groups -OCH3 is 2. The maximum absolute atomic E-state index is 10.1. The fourth-order valence-corrected chi connectivity index (χ4v) is 2.27. The average molecular weight is 236 g/mol. The molecule has 3 heteroatoms. The van der Waals surface area contributed by atoms with Gasteiger partial charge in [0.2, 0.25) is 0 Å². The number of benzene rings is 1. The van der Waals surface area contributed by atoms with Gasteiger partial charge in [0.15, 0.2) is 0 Å². The monoisotopic (exact) mass is 236 g/mol. The highest BCUT2D eigenvalue weighted by atomic mass is 16.5. The quantitative estimate of drug-likeness (QED) is 0.872. The highest BCUT2D eigenvalue weighted by Gasteiger charge is 2.41. The summed E-state index contributed by atoms with van der Waals surface area (Å²) in [6.45, 7) is 4.02. The molecule has 1 aromatic rings. The molecule has 1 fully saturated rings. The first-order chi connectivity index (χ1) is 8.00. The number of aryl methyl sites for hydroxylation is 1. The highest BCUT2D eigenvalue weighted by molar-refractivity contribution is 5.54. The Morgan fingerprint density at radius 3 is 2.35 bits per heavy atom. The van der Waals surface area contributed by atoms with Gasteiger partial charge in [-0.25, -0.2) is 0 Å². The van der Waals surface area contributed by atoms with Crippen LogP contribution in [0.2, 0.25) is 0 Å². The molecule has 0 bridgehead atoms. The van der Waals surface area contributed by atoms with E-state index < -0.39 is 5.60 Å². The van der Waals surface area contributed by atoms with Gasteiger partial charge < -0.3 is 14.6 Å². The van der Waals surface area contributed by atoms with Crippen LogP contribution in [0.1, 0.15) is 29.5 Å². The minimum Gasteiger partial charge on any atom is -0.496 e. The van der Waals surface area contributed by atoms with Crippen LogP contribution in [0.25, 0.3) is 0 Å². The molecule has 3 nitrogen and oxygen atoms in total. The summed E-state index contributed by atoms with van der Waals surface area (Å²) < 4.78 is 10.8. The van der Waals surface area contributed by atoms with Crippen molar-refractivity contribution in [3.8, 4) is 11.5 Å². The molecule has 0 unspecified atom stereocenters. The summed E-state index contributed by atoms with van der Waals surface area (Å²) >= 11 is 0. The third-order valence-electron chi connectivity index (χ3n) is 3.56. The predicted octanol–water partition coefficient (Wildman–Crippen LogP) is 2.39. The van der Waals surface area contributed by atoms with E-state index in [4.69, 9.17) is 9.47 Å². The van der Waals surface area contributed by atoms with E-state index in [1.165, 1.54) is 0 Å². The molecule has 1 N–H and O–H groups in total. The van der Waals surface area contributed by atoms with Gasteiger partial charge in [-0.3, -0.25) is 0 Å². The number of hydrogen-bond acceptors (Lipinski definition) is 3. The van der Waals surface area contributed by atoms with Crippen molar-refractivity contribution < 1.29 is 14.6 Å². The van der Waals surface area contributed by atoms with Crippen LogP contribution in [0.15, 0.2) is 6.07 Å². The normalized spacial score (nSPS) is 16.8. The van der Waals surface area contributed by atoms with Gasteiger partial charge in [0.1, 0.15) is 11.5 Å². The van der Waals surface area contributed by atoms with E-state index in [9.17, 15) is 5.11 Å². The number of ether oxygens (including phenoxy) is 2. The minimum absolute atomic E-state index is 0.501. The fourth-order valence-electron chi connectivity index (χ4n) is 2.27. The first-order valence-electron chi connectivity index (χ1n) is 5.94. The van der Waals surface area contributed by atoms with Crippen molar-refractivity contribution in [2.24, 2.45) is 0 Å². The summed E-state index contributed by atoms with van der Waals surface area (Å²) in [6.07, 6.45) is 2.45. The Morgan fingerprint density at radius 1 is 1.24 bits per heavy atom. The smallest absolute Gasteiger partial charge is 0.129 e. The predicted molar refractivity (Wildman–Crippen MR) is 66.9 cm³/mol. The molecule has 0 aliphatic heterocycles. The first kappa shape index (κ1) is 12.2. The number of aliphatic hydroxyl groups is 1. The molecule has 2 rings (SSSR count). The highest BCUT2D eigenvalue weighted by Crippen LogP contribution is 2.43. The largest absolute Gasteiger partial charge is 0.496 e. The fraction of sp³-hybridized carbons (Fsp3) is 0.571. The van der Waals surface area contributed by atoms with Gasteiger partial charge in [0.25, 0.3) is 0 Å². The SMILES string of the molecule is COc1cc(C)c(CC2(O)CC2)c(OC)c1C. The van der Waals surface area contributed by atoms with Gasteiger partial charge in [-0.2, -0.15) is 0 Å². The molecule has 1 aromatic carbocycles. The Balaban J connectivity index is 2.45. The van der Waals surface area contributed by atoms with E-state index >= 15 is 0 Å². The second kappa shape index (κ2) is 4.22. The summed E-state index contributed by atoms with van der Waals surface area (Å²) in [5.41, 5.74) is 2.72. The summed E-state index contributed by atoms with van der Waals surface area (Å²) in [5, 5.41) is 10.1. The maximum atomic E-state index is 10.1. The van der Waals surface area contributed by atoms with Gasteiger partial charge in [0, 0.05) is 17.5 Å². The van der Waals surface area contributed by atoms with Crippen LogP contribution < -0.4 is 9.47 Å². The first-order valence-corrected chi connectivity index (χ1v) is 5.94. The summed E-state index contributed by atoms with van der Waals surface area (Å²) in [4.78, 5) is 0. The van der Waals surface area contributed by atoms with E-state index in [1.807, 2.05) is 19.9 Å². The van der Waals surface area contributed by atoms with Crippen molar-refractivity contribution in [3.05, 3.63) is 22.8 Å². The molecule has 0 aromatic heterocycles. The second-order valence-electron chi connectivity index (χ2n) is 4.93. The molecule has 1 saturated carbocycles. The van der Waals surface area contributed by atoms with E-state index in [2.05, 4.69) is 0 Å². The van der Waals surface area contributed by atoms with E-state index in [-0.39, 0.29) is 0 Å². The van der Waals surface area contributed by atoms with Crippen LogP contribution in [-0.4, -0.2) is 24.9 Å². The zero-order valence-corrected chi connectivity index (χ0v) is 11.0. The Bertz CT molecular complexity index is 434. The summed E-state index contributed by atoms with van der Waals surface area (Å²) in [7, 11) is 3.33. The van der Waals surface area contributed by atoms with Crippen molar-refractivity contribution in [1.82, 2.24) is 0 Å². The Hall–Kier alpha value is -1.22. The second-order valence-corrected chi connectivity index (χ2v) is 4.93. The van der Waals surface area contributed by atoms with Gasteiger partial charge in [0.05, 0.1) is 19.8 Å². The van der Waals surface area contributed by atoms with Gasteiger partial charge in [-0.05, 0) is 38.3 Å². The summed E-state index contributed by atoms with van der Waals surface area (Å²) in [6, 6.07) is 2.01. The van der Waals surface area contributed by atoms with Crippen LogP contribution in [0.5, 0.6) is 11.5 Å². The van der Waals surface area contributed by atoms with Crippen LogP contribution in [0, 0.1) is 13.8 Å². The lowest BCUT2D eigenvalue weighted by atomic mass is 9.96. The molecule has 0 heterocycles. The molecule has 1 aliphatic rings. The van der Waals surface area contributed by atoms with Gasteiger partial charge in [-0.15, -0.1) is 0 Å². The molecule has 17 heavy (non-hydrogen) atoms. The zero-order chi connectivity index (χ0) is 12.6. The van der Waals surface area contributed by atoms with Crippen LogP contribution in [0.3, 0.4) is 0 Å². The maximum Gasteiger partial charge on any atom is 0.129 e. The lowest BCUT2D eigenvalue weighted by Crippen LogP contribution is -2.13. The van der Waals surface area contributed by atoms with E-state index in [0.717, 1.165) is 41.0 Å². The molecule has 94 valence electrons. The van der Waals surface area contributed by atoms with Crippen molar-refractivity contribution in [3.63, 3.8) is 0 Å². The van der Waals surface area contributed by atoms with Crippen LogP contribution in [0.4, 0.5) is 0 Å². The third kappa shape index (κ3) is 2.25. The average Bonchev–Trinajstić information content (AvgIpc) is 3.02. The topological polar surface area (TPSA) is 38.7 Å². The van der Waals surface area contributed by atoms with Gasteiger partial charge >= 0.3 is 0 Å². The Morgan fingerprint density at radius 2 is 1.88 bits per heavy atom. The van der Waals surface area contributed by atoms with E-state index in [1.54, 1.807) is 14.2 Å². The van der Waals surface area contributed by atoms with Crippen molar-refractivity contribution in [1.29, 1.82) is 0 Å². The molecule has 1 aliphatic carbocycles. The van der Waals surface area contributed by atoms with E-state index in [0.29, 0.717) is 6.42 Å². The zero-order valence-electron chi connectivity index (χ0n) is 11.0. The third-order valence-corrected chi connectivity index (χ3v) is 3.56. The molecular formula is C14H20O3. The van der Waals surface area contributed by atoms with Crippen LogP contribution >= 0.6 is 0 Å². The molecule has 0 radical (unpaired) electrons. The molecule has 0 spiro atoms. The Kier molecular flexibility index (Phi) is 3.04. The molecule has 0 amide bonds. The standard InChI is InChI=1S/C14H20O3/c1-9-7-12(16-3)10(2)13(17-4)11(9)8-14(15)5-6-14/h7,15H,5-6,8H2,1-4H3. The number of rotatable bonds is 4. The van der Waals surface area contributed by atoms with Gasteiger partial charge in [-0.1, -0.05) is 0 Å². The van der Waals surface area contributed by atoms with Crippen molar-refractivity contribution in [2.45, 2.75) is 38.7 Å². The summed E-state index contributed by atoms with van der Waals surface area (Å²) in [5.74, 6) is 1.69. The van der Waals surface area contributed by atoms with Crippen molar-refractivity contribution in [2.75, 3.05) is 14.2 Å². The Labute approximate surface area is 102 Å². The number of hydrogen-bond donors (Lipinski definition) is 1. The van der Waals surface area contributed by atoms with Crippen molar-refractivity contribution >= 4 is 0 Å². The molecule has 0 saturated heterocycles. The van der Waals surface area contributed by atoms with Crippen LogP contribution in [-0.2, 0) is 6.42 Å². The lowest BCUT2D eigenvalue weighted by Gasteiger charge is -2.19. The molecule has 0 atom stereocenters. The lowest BCUT2D eigenvalue weighted by molar-refractivity contribution is 0.149.